The average molecular weight is 305 g/mol. The summed E-state index contributed by atoms with van der Waals surface area (Å²) in [6.07, 6.45) is -0.000166. The molecule has 1 rings (SSSR count). The molecule has 0 unspecified atom stereocenters. The van der Waals surface area contributed by atoms with Crippen LogP contribution in [-0.4, -0.2) is 65.9 Å². The number of aromatic nitrogens is 3. The number of aromatic amines is 1. The highest BCUT2D eigenvalue weighted by molar-refractivity contribution is 7.86. The van der Waals surface area contributed by atoms with Gasteiger partial charge >= 0.3 is 5.97 Å². The van der Waals surface area contributed by atoms with Crippen molar-refractivity contribution in [1.29, 1.82) is 0 Å². The first-order valence-corrected chi connectivity index (χ1v) is 7.29. The number of nitrogens with one attached hydrogen (secondary N) is 1. The van der Waals surface area contributed by atoms with Crippen LogP contribution in [0.4, 0.5) is 0 Å². The molecule has 1 aromatic rings. The maximum absolute atomic E-state index is 12.2. The first-order chi connectivity index (χ1) is 9.27. The number of methoxy groups -OCH3 is 1. The summed E-state index contributed by atoms with van der Waals surface area (Å²) in [6, 6.07) is 0. The molecule has 0 radical (unpaired) electrons. The standard InChI is InChI=1S/C10H19N5O4S/c1-8-11-9(13-12-8)7-15(3)20(17,18)14(2)6-5-10(16)19-4/h5-7H2,1-4H3,(H,11,12,13). The molecule has 0 aliphatic rings. The molecular weight excluding hydrogens is 286 g/mol. The highest BCUT2D eigenvalue weighted by atomic mass is 32.2. The topological polar surface area (TPSA) is 108 Å². The van der Waals surface area contributed by atoms with E-state index in [9.17, 15) is 13.2 Å². The lowest BCUT2D eigenvalue weighted by molar-refractivity contribution is -0.140. The molecule has 20 heavy (non-hydrogen) atoms. The highest BCUT2D eigenvalue weighted by Crippen LogP contribution is 2.08. The van der Waals surface area contributed by atoms with Crippen molar-refractivity contribution in [3.8, 4) is 0 Å². The van der Waals surface area contributed by atoms with Gasteiger partial charge in [-0.1, -0.05) is 0 Å². The van der Waals surface area contributed by atoms with Crippen LogP contribution in [0.3, 0.4) is 0 Å². The number of hydrogen-bond acceptors (Lipinski definition) is 6. The number of H-pyrrole nitrogens is 1. The van der Waals surface area contributed by atoms with Crippen LogP contribution in [0.2, 0.25) is 0 Å². The summed E-state index contributed by atoms with van der Waals surface area (Å²) in [7, 11) is 0.419. The van der Waals surface area contributed by atoms with E-state index in [1.165, 1.54) is 21.2 Å². The first kappa shape index (κ1) is 16.5. The largest absolute Gasteiger partial charge is 0.469 e. The van der Waals surface area contributed by atoms with E-state index < -0.39 is 16.2 Å². The van der Waals surface area contributed by atoms with Gasteiger partial charge in [0.15, 0.2) is 5.82 Å². The molecule has 1 heterocycles. The van der Waals surface area contributed by atoms with Gasteiger partial charge in [-0.2, -0.15) is 22.1 Å². The Morgan fingerprint density at radius 1 is 1.35 bits per heavy atom. The van der Waals surface area contributed by atoms with Crippen LogP contribution in [0.1, 0.15) is 18.1 Å². The summed E-state index contributed by atoms with van der Waals surface area (Å²) < 4.78 is 31.0. The number of esters is 1. The minimum atomic E-state index is -3.67. The van der Waals surface area contributed by atoms with Crippen LogP contribution < -0.4 is 0 Å². The van der Waals surface area contributed by atoms with E-state index in [1.54, 1.807) is 6.92 Å². The molecule has 114 valence electrons. The molecule has 0 amide bonds. The second kappa shape index (κ2) is 6.77. The number of aryl methyl sites for hydroxylation is 1. The molecular formula is C10H19N5O4S. The van der Waals surface area contributed by atoms with E-state index >= 15 is 0 Å². The van der Waals surface area contributed by atoms with E-state index in [0.29, 0.717) is 11.6 Å². The lowest BCUT2D eigenvalue weighted by atomic mass is 10.4. The van der Waals surface area contributed by atoms with Crippen molar-refractivity contribution in [3.63, 3.8) is 0 Å². The summed E-state index contributed by atoms with van der Waals surface area (Å²) in [5, 5.41) is 6.53. The van der Waals surface area contributed by atoms with E-state index in [1.807, 2.05) is 0 Å². The number of carbonyl (C=O) groups is 1. The van der Waals surface area contributed by atoms with E-state index in [4.69, 9.17) is 0 Å². The summed E-state index contributed by atoms with van der Waals surface area (Å²) in [5.74, 6) is 0.541. The fourth-order valence-electron chi connectivity index (χ4n) is 1.44. The molecule has 0 aromatic carbocycles. The smallest absolute Gasteiger partial charge is 0.306 e. The van der Waals surface area contributed by atoms with Crippen LogP contribution >= 0.6 is 0 Å². The molecule has 9 nitrogen and oxygen atoms in total. The van der Waals surface area contributed by atoms with Crippen molar-refractivity contribution >= 4 is 16.2 Å². The predicted molar refractivity (Wildman–Crippen MR) is 70.8 cm³/mol. The molecule has 0 spiro atoms. The Hall–Kier alpha value is -1.52. The number of carbonyl (C=O) groups excluding carboxylic acids is 1. The Morgan fingerprint density at radius 3 is 2.50 bits per heavy atom. The molecule has 0 bridgehead atoms. The molecule has 0 aliphatic carbocycles. The van der Waals surface area contributed by atoms with Gasteiger partial charge in [-0.05, 0) is 6.92 Å². The molecule has 0 fully saturated rings. The number of ether oxygens (including phenoxy) is 1. The number of hydrogen-bond donors (Lipinski definition) is 1. The highest BCUT2D eigenvalue weighted by Gasteiger charge is 2.25. The third kappa shape index (κ3) is 4.25. The molecule has 10 heteroatoms. The zero-order chi connectivity index (χ0) is 15.3. The molecule has 0 saturated heterocycles. The summed E-state index contributed by atoms with van der Waals surface area (Å²) in [6.45, 7) is 1.83. The van der Waals surface area contributed by atoms with Crippen molar-refractivity contribution in [2.45, 2.75) is 19.9 Å². The molecule has 0 aliphatic heterocycles. The first-order valence-electron chi connectivity index (χ1n) is 5.89. The molecule has 0 atom stereocenters. The van der Waals surface area contributed by atoms with Crippen molar-refractivity contribution in [2.75, 3.05) is 27.7 Å². The number of nitrogens with zero attached hydrogens (tertiary/aromatic N) is 4. The van der Waals surface area contributed by atoms with Crippen LogP contribution in [0.15, 0.2) is 0 Å². The Labute approximate surface area is 118 Å². The van der Waals surface area contributed by atoms with Crippen molar-refractivity contribution in [3.05, 3.63) is 11.6 Å². The molecule has 0 saturated carbocycles. The lowest BCUT2D eigenvalue weighted by Gasteiger charge is -2.23. The van der Waals surface area contributed by atoms with E-state index in [2.05, 4.69) is 19.9 Å². The van der Waals surface area contributed by atoms with Gasteiger partial charge in [0, 0.05) is 20.6 Å². The van der Waals surface area contributed by atoms with Gasteiger partial charge in [0.05, 0.1) is 20.1 Å². The van der Waals surface area contributed by atoms with Gasteiger partial charge in [0.25, 0.3) is 10.2 Å². The summed E-state index contributed by atoms with van der Waals surface area (Å²) >= 11 is 0. The normalized spacial score (nSPS) is 12.1. The Balaban J connectivity index is 2.64. The summed E-state index contributed by atoms with van der Waals surface area (Å²) in [4.78, 5) is 15.1. The van der Waals surface area contributed by atoms with Gasteiger partial charge < -0.3 is 4.74 Å². The molecule has 1 N–H and O–H groups in total. The summed E-state index contributed by atoms with van der Waals surface area (Å²) in [5.41, 5.74) is 0. The maximum atomic E-state index is 12.2. The van der Waals surface area contributed by atoms with E-state index in [-0.39, 0.29) is 19.5 Å². The lowest BCUT2D eigenvalue weighted by Crippen LogP contribution is -2.40. The van der Waals surface area contributed by atoms with Crippen LogP contribution in [0, 0.1) is 6.92 Å². The van der Waals surface area contributed by atoms with Crippen molar-refractivity contribution < 1.29 is 17.9 Å². The predicted octanol–water partition coefficient (Wildman–Crippen LogP) is -0.715. The quantitative estimate of drug-likeness (QED) is 0.666. The second-order valence-electron chi connectivity index (χ2n) is 4.25. The van der Waals surface area contributed by atoms with Gasteiger partial charge in [-0.3, -0.25) is 9.89 Å². The average Bonchev–Trinajstić information content (AvgIpc) is 2.80. The Bertz CT molecular complexity index is 556. The monoisotopic (exact) mass is 305 g/mol. The van der Waals surface area contributed by atoms with Gasteiger partial charge in [0.2, 0.25) is 0 Å². The maximum Gasteiger partial charge on any atom is 0.306 e. The minimum absolute atomic E-state index is 0.000166. The molecule has 1 aromatic heterocycles. The zero-order valence-corrected chi connectivity index (χ0v) is 12.8. The van der Waals surface area contributed by atoms with Crippen LogP contribution in [0.25, 0.3) is 0 Å². The van der Waals surface area contributed by atoms with Crippen LogP contribution in [-0.2, 0) is 26.3 Å². The number of rotatable bonds is 7. The Kier molecular flexibility index (Phi) is 5.60. The SMILES string of the molecule is COC(=O)CCN(C)S(=O)(=O)N(C)Cc1n[nH]c(C)n1. The fraction of sp³-hybridized carbons (Fsp3) is 0.700. The second-order valence-corrected chi connectivity index (χ2v) is 6.39. The van der Waals surface area contributed by atoms with Gasteiger partial charge in [0.1, 0.15) is 5.82 Å². The van der Waals surface area contributed by atoms with Crippen LogP contribution in [0.5, 0.6) is 0 Å². The third-order valence-electron chi connectivity index (χ3n) is 2.65. The fourth-order valence-corrected chi connectivity index (χ4v) is 2.52. The van der Waals surface area contributed by atoms with Gasteiger partial charge in [-0.25, -0.2) is 4.98 Å². The van der Waals surface area contributed by atoms with Crippen molar-refractivity contribution in [2.24, 2.45) is 0 Å². The van der Waals surface area contributed by atoms with Gasteiger partial charge in [-0.15, -0.1) is 0 Å². The van der Waals surface area contributed by atoms with E-state index in [0.717, 1.165) is 8.61 Å². The van der Waals surface area contributed by atoms with Crippen molar-refractivity contribution in [1.82, 2.24) is 23.8 Å². The third-order valence-corrected chi connectivity index (χ3v) is 4.54. The minimum Gasteiger partial charge on any atom is -0.469 e. The Morgan fingerprint density at radius 2 is 2.00 bits per heavy atom. The zero-order valence-electron chi connectivity index (χ0n) is 12.0.